The summed E-state index contributed by atoms with van der Waals surface area (Å²) in [6, 6.07) is 16.8. The van der Waals surface area contributed by atoms with Crippen molar-refractivity contribution in [2.24, 2.45) is 0 Å². The number of nitrogens with zero attached hydrogens (tertiary/aromatic N) is 1. The number of carbonyl (C=O) groups is 3. The van der Waals surface area contributed by atoms with Gasteiger partial charge in [0, 0.05) is 10.3 Å². The third-order valence-electron chi connectivity index (χ3n) is 5.68. The zero-order valence-corrected chi connectivity index (χ0v) is 19.4. The highest BCUT2D eigenvalue weighted by Gasteiger charge is 2.74. The van der Waals surface area contributed by atoms with E-state index in [9.17, 15) is 19.5 Å². The fourth-order valence-electron chi connectivity index (χ4n) is 4.04. The van der Waals surface area contributed by atoms with Gasteiger partial charge in [-0.1, -0.05) is 76.6 Å². The highest BCUT2D eigenvalue weighted by molar-refractivity contribution is 9.10. The summed E-state index contributed by atoms with van der Waals surface area (Å²) in [6.45, 7) is 3.82. The van der Waals surface area contributed by atoms with Crippen LogP contribution in [0.4, 0.5) is 0 Å². The maximum Gasteiger partial charge on any atom is 0.330 e. The summed E-state index contributed by atoms with van der Waals surface area (Å²) < 4.78 is 3.36. The van der Waals surface area contributed by atoms with Gasteiger partial charge in [-0.15, -0.1) is 11.8 Å². The summed E-state index contributed by atoms with van der Waals surface area (Å²) in [5, 5.41) is 10.3. The maximum absolute atomic E-state index is 13.2. The smallest absolute Gasteiger partial charge is 0.330 e. The predicted octanol–water partition coefficient (Wildman–Crippen LogP) is 3.17. The topological polar surface area (TPSA) is 83.9 Å². The van der Waals surface area contributed by atoms with Gasteiger partial charge in [-0.25, -0.2) is 4.79 Å². The Morgan fingerprint density at radius 1 is 1.13 bits per heavy atom. The van der Waals surface area contributed by atoms with Crippen LogP contribution < -0.4 is 0 Å². The van der Waals surface area contributed by atoms with E-state index in [-0.39, 0.29) is 6.61 Å². The zero-order valence-electron chi connectivity index (χ0n) is 17.0. The van der Waals surface area contributed by atoms with E-state index in [0.29, 0.717) is 5.56 Å². The van der Waals surface area contributed by atoms with Crippen molar-refractivity contribution in [3.63, 3.8) is 0 Å². The first-order valence-corrected chi connectivity index (χ1v) is 11.5. The fraction of sp³-hybridized carbons (Fsp3) is 0.348. The van der Waals surface area contributed by atoms with Crippen LogP contribution in [-0.2, 0) is 20.9 Å². The quantitative estimate of drug-likeness (QED) is 0.282. The Bertz CT molecular complexity index is 1020. The minimum Gasteiger partial charge on any atom is -0.459 e. The predicted molar refractivity (Wildman–Crippen MR) is 121 cm³/mol. The number of halogens is 1. The number of thioether (sulfide) groups is 1. The molecule has 0 saturated carbocycles. The highest BCUT2D eigenvalue weighted by atomic mass is 79.9. The number of carbonyl (C=O) groups excluding carboxylic acids is 3. The lowest BCUT2D eigenvalue weighted by molar-refractivity contribution is -0.167. The molecule has 4 rings (SSSR count). The average Bonchev–Trinajstić information content (AvgIpc) is 3.06. The molecule has 2 heterocycles. The molecule has 6 nitrogen and oxygen atoms in total. The van der Waals surface area contributed by atoms with E-state index in [1.807, 2.05) is 44.2 Å². The number of amides is 1. The lowest BCUT2D eigenvalue weighted by Gasteiger charge is -2.51. The Labute approximate surface area is 193 Å². The first-order chi connectivity index (χ1) is 14.7. The molecule has 1 amide bonds. The summed E-state index contributed by atoms with van der Waals surface area (Å²) >= 11 is 4.75. The van der Waals surface area contributed by atoms with Crippen LogP contribution in [0.1, 0.15) is 29.8 Å². The van der Waals surface area contributed by atoms with Crippen LogP contribution in [0.5, 0.6) is 0 Å². The van der Waals surface area contributed by atoms with Crippen molar-refractivity contribution in [2.75, 3.05) is 0 Å². The molecule has 0 aliphatic carbocycles. The molecule has 2 saturated heterocycles. The lowest BCUT2D eigenvalue weighted by Crippen LogP contribution is -2.75. The number of β-lactam (4-membered cyclic amide) rings is 1. The average molecular weight is 504 g/mol. The summed E-state index contributed by atoms with van der Waals surface area (Å²) in [5.41, 5.74) is 1.17. The number of aliphatic hydroxyl groups excluding tert-OH is 1. The number of ketones is 1. The Balaban J connectivity index is 1.53. The third-order valence-corrected chi connectivity index (χ3v) is 8.84. The number of aliphatic hydroxyl groups is 1. The van der Waals surface area contributed by atoms with Gasteiger partial charge < -0.3 is 14.7 Å². The van der Waals surface area contributed by atoms with Crippen LogP contribution >= 0.6 is 27.7 Å². The second-order valence-electron chi connectivity index (χ2n) is 8.18. The summed E-state index contributed by atoms with van der Waals surface area (Å²) in [5.74, 6) is -1.54. The standard InChI is InChI=1S/C23H22BrNO5S/c1-22(2)17(19(28)30-13-14-9-5-3-6-10-14)25-20(29)23(24,21(25)31-22)18(27)16(26)15-11-7-4-8-12-15/h3-12,17-18,21,27H,13H2,1-2H3/t17-,18?,21+,23?/m0/s1. The van der Waals surface area contributed by atoms with Gasteiger partial charge in [-0.2, -0.15) is 0 Å². The molecule has 2 fully saturated rings. The van der Waals surface area contributed by atoms with E-state index >= 15 is 0 Å². The molecule has 2 aromatic rings. The largest absolute Gasteiger partial charge is 0.459 e. The van der Waals surface area contributed by atoms with Crippen molar-refractivity contribution in [2.45, 2.75) is 47.0 Å². The minimum atomic E-state index is -1.58. The molecule has 2 aromatic carbocycles. The maximum atomic E-state index is 13.2. The number of benzene rings is 2. The van der Waals surface area contributed by atoms with Crippen molar-refractivity contribution in [3.8, 4) is 0 Å². The Morgan fingerprint density at radius 3 is 2.32 bits per heavy atom. The monoisotopic (exact) mass is 503 g/mol. The molecule has 2 unspecified atom stereocenters. The Kier molecular flexibility index (Phi) is 5.74. The fourth-order valence-corrected chi connectivity index (χ4v) is 6.60. The first kappa shape index (κ1) is 22.0. The molecule has 8 heteroatoms. The molecule has 1 N–H and O–H groups in total. The molecule has 4 atom stereocenters. The molecule has 0 spiro atoms. The number of hydrogen-bond acceptors (Lipinski definition) is 6. The number of alkyl halides is 1. The van der Waals surface area contributed by atoms with E-state index in [0.717, 1.165) is 5.56 Å². The van der Waals surface area contributed by atoms with Crippen molar-refractivity contribution < 1.29 is 24.2 Å². The normalized spacial score (nSPS) is 27.2. The molecular formula is C23H22BrNO5S. The molecule has 162 valence electrons. The van der Waals surface area contributed by atoms with Crippen LogP contribution in [0.15, 0.2) is 60.7 Å². The second-order valence-corrected chi connectivity index (χ2v) is 11.2. The third kappa shape index (κ3) is 3.60. The van der Waals surface area contributed by atoms with Gasteiger partial charge in [0.1, 0.15) is 24.1 Å². The first-order valence-electron chi connectivity index (χ1n) is 9.85. The van der Waals surface area contributed by atoms with Crippen LogP contribution in [0.3, 0.4) is 0 Å². The summed E-state index contributed by atoms with van der Waals surface area (Å²) in [6.07, 6.45) is -1.58. The summed E-state index contributed by atoms with van der Waals surface area (Å²) in [7, 11) is 0. The van der Waals surface area contributed by atoms with Gasteiger partial charge in [-0.3, -0.25) is 9.59 Å². The van der Waals surface area contributed by atoms with Crippen LogP contribution in [0.2, 0.25) is 0 Å². The lowest BCUT2D eigenvalue weighted by atomic mass is 9.84. The van der Waals surface area contributed by atoms with Crippen molar-refractivity contribution >= 4 is 45.4 Å². The van der Waals surface area contributed by atoms with E-state index in [1.165, 1.54) is 16.7 Å². The van der Waals surface area contributed by atoms with E-state index in [1.54, 1.807) is 30.3 Å². The van der Waals surface area contributed by atoms with Crippen LogP contribution in [0, 0.1) is 0 Å². The number of rotatable bonds is 6. The molecular weight excluding hydrogens is 482 g/mol. The summed E-state index contributed by atoms with van der Waals surface area (Å²) in [4.78, 5) is 40.3. The Morgan fingerprint density at radius 2 is 1.71 bits per heavy atom. The van der Waals surface area contributed by atoms with Crippen LogP contribution in [-0.4, -0.2) is 54.3 Å². The molecule has 2 aliphatic rings. The van der Waals surface area contributed by atoms with Gasteiger partial charge in [0.25, 0.3) is 0 Å². The van der Waals surface area contributed by atoms with Crippen molar-refractivity contribution in [1.29, 1.82) is 0 Å². The molecule has 0 radical (unpaired) electrons. The minimum absolute atomic E-state index is 0.109. The van der Waals surface area contributed by atoms with Crippen molar-refractivity contribution in [3.05, 3.63) is 71.8 Å². The molecule has 31 heavy (non-hydrogen) atoms. The highest BCUT2D eigenvalue weighted by Crippen LogP contribution is 2.59. The van der Waals surface area contributed by atoms with Gasteiger partial charge in [-0.05, 0) is 19.4 Å². The molecule has 0 aromatic heterocycles. The van der Waals surface area contributed by atoms with E-state index in [2.05, 4.69) is 15.9 Å². The number of fused-ring (bicyclic) bond motifs is 1. The zero-order chi connectivity index (χ0) is 22.4. The van der Waals surface area contributed by atoms with Gasteiger partial charge in [0.05, 0.1) is 0 Å². The van der Waals surface area contributed by atoms with Gasteiger partial charge in [0.2, 0.25) is 5.91 Å². The van der Waals surface area contributed by atoms with Gasteiger partial charge in [0.15, 0.2) is 10.1 Å². The number of hydrogen-bond donors (Lipinski definition) is 1. The number of ether oxygens (including phenoxy) is 1. The van der Waals surface area contributed by atoms with Crippen molar-refractivity contribution in [1.82, 2.24) is 4.90 Å². The van der Waals surface area contributed by atoms with Gasteiger partial charge >= 0.3 is 5.97 Å². The number of Topliss-reactive ketones (excluding diaryl/α,β-unsaturated/α-hetero) is 1. The second kappa shape index (κ2) is 8.07. The van der Waals surface area contributed by atoms with E-state index in [4.69, 9.17) is 4.74 Å². The molecule has 0 bridgehead atoms. The molecule has 2 aliphatic heterocycles. The van der Waals surface area contributed by atoms with E-state index < -0.39 is 44.3 Å². The van der Waals surface area contributed by atoms with Crippen LogP contribution in [0.25, 0.3) is 0 Å². The Hall–Kier alpha value is -2.16. The SMILES string of the molecule is CC1(C)S[C@H]2N(C(=O)C2(Br)C(O)C(=O)c2ccccc2)[C@H]1C(=O)OCc1ccccc1. The number of esters is 1.